The lowest BCUT2D eigenvalue weighted by atomic mass is 9.97. The molecule has 2 aliphatic carbocycles. The van der Waals surface area contributed by atoms with Crippen molar-refractivity contribution < 1.29 is 4.79 Å². The molecule has 5 heteroatoms. The molecule has 1 heterocycles. The minimum atomic E-state index is -0.0728. The molecule has 1 aromatic heterocycles. The molecule has 0 aromatic carbocycles. The van der Waals surface area contributed by atoms with E-state index in [0.717, 1.165) is 25.8 Å². The highest BCUT2D eigenvalue weighted by atomic mass is 16.1. The van der Waals surface area contributed by atoms with Gasteiger partial charge in [-0.15, -0.1) is 0 Å². The lowest BCUT2D eigenvalue weighted by Gasteiger charge is -2.12. The van der Waals surface area contributed by atoms with Gasteiger partial charge in [0, 0.05) is 25.0 Å². The molecule has 0 unspecified atom stereocenters. The summed E-state index contributed by atoms with van der Waals surface area (Å²) in [4.78, 5) is 20.2. The van der Waals surface area contributed by atoms with Gasteiger partial charge < -0.3 is 10.6 Å². The van der Waals surface area contributed by atoms with E-state index < -0.39 is 0 Å². The fourth-order valence-electron chi connectivity index (χ4n) is 2.50. The Morgan fingerprint density at radius 2 is 2.05 bits per heavy atom. The van der Waals surface area contributed by atoms with Crippen LogP contribution in [-0.4, -0.2) is 28.5 Å². The zero-order valence-corrected chi connectivity index (χ0v) is 12.3. The van der Waals surface area contributed by atoms with Crippen molar-refractivity contribution in [1.82, 2.24) is 15.3 Å². The number of hydrogen-bond acceptors (Lipinski definition) is 4. The zero-order chi connectivity index (χ0) is 14.5. The number of carbonyl (C=O) groups excluding carboxylic acids is 1. The maximum atomic E-state index is 11.8. The van der Waals surface area contributed by atoms with E-state index in [0.29, 0.717) is 17.6 Å². The number of allylic oxidation sites excluding steroid dienone is 1. The van der Waals surface area contributed by atoms with Crippen molar-refractivity contribution in [2.75, 3.05) is 11.9 Å². The molecule has 2 N–H and O–H groups in total. The lowest BCUT2D eigenvalue weighted by molar-refractivity contribution is 0.0950. The zero-order valence-electron chi connectivity index (χ0n) is 12.3. The van der Waals surface area contributed by atoms with E-state index in [-0.39, 0.29) is 5.91 Å². The van der Waals surface area contributed by atoms with Gasteiger partial charge in [-0.25, -0.2) is 9.97 Å². The second kappa shape index (κ2) is 6.70. The van der Waals surface area contributed by atoms with Crippen LogP contribution in [0.2, 0.25) is 0 Å². The minimum absolute atomic E-state index is 0.0728. The van der Waals surface area contributed by atoms with Gasteiger partial charge in [-0.3, -0.25) is 4.79 Å². The maximum Gasteiger partial charge on any atom is 0.254 e. The van der Waals surface area contributed by atoms with Crippen LogP contribution in [-0.2, 0) is 0 Å². The minimum Gasteiger partial charge on any atom is -0.354 e. The Labute approximate surface area is 125 Å². The van der Waals surface area contributed by atoms with Crippen molar-refractivity contribution in [2.24, 2.45) is 0 Å². The molecule has 0 aliphatic heterocycles. The van der Waals surface area contributed by atoms with Gasteiger partial charge in [-0.1, -0.05) is 11.6 Å². The predicted molar refractivity (Wildman–Crippen MR) is 82.2 cm³/mol. The van der Waals surface area contributed by atoms with Crippen LogP contribution in [0.4, 0.5) is 5.95 Å². The van der Waals surface area contributed by atoms with Gasteiger partial charge in [0.2, 0.25) is 5.95 Å². The molecule has 1 saturated carbocycles. The first kappa shape index (κ1) is 14.0. The summed E-state index contributed by atoms with van der Waals surface area (Å²) in [5.74, 6) is 0.519. The number of nitrogens with zero attached hydrogens (tertiary/aromatic N) is 2. The maximum absolute atomic E-state index is 11.8. The van der Waals surface area contributed by atoms with Crippen LogP contribution in [0.15, 0.2) is 24.0 Å². The number of hydrogen-bond donors (Lipinski definition) is 2. The Morgan fingerprint density at radius 3 is 2.71 bits per heavy atom. The average molecular weight is 286 g/mol. The standard InChI is InChI=1S/C16H22N4O/c21-15(20-14-6-7-14)13-10-18-16(19-11-13)17-9-8-12-4-2-1-3-5-12/h4,10-11,14H,1-3,5-9H2,(H,20,21)(H,17,18,19). The Balaban J connectivity index is 1.45. The molecule has 21 heavy (non-hydrogen) atoms. The SMILES string of the molecule is O=C(NC1CC1)c1cnc(NCCC2=CCCCC2)nc1. The third-order valence-corrected chi connectivity index (χ3v) is 3.94. The number of rotatable bonds is 6. The van der Waals surface area contributed by atoms with Crippen LogP contribution in [0.25, 0.3) is 0 Å². The summed E-state index contributed by atoms with van der Waals surface area (Å²) in [5, 5.41) is 6.15. The van der Waals surface area contributed by atoms with Gasteiger partial charge in [-0.05, 0) is 44.9 Å². The first-order chi connectivity index (χ1) is 10.3. The average Bonchev–Trinajstić information content (AvgIpc) is 3.33. The number of amides is 1. The summed E-state index contributed by atoms with van der Waals surface area (Å²) in [6.45, 7) is 0.847. The number of anilines is 1. The Hall–Kier alpha value is -1.91. The van der Waals surface area contributed by atoms with Crippen LogP contribution in [0.5, 0.6) is 0 Å². The summed E-state index contributed by atoms with van der Waals surface area (Å²) in [6.07, 6.45) is 13.8. The highest BCUT2D eigenvalue weighted by molar-refractivity contribution is 5.94. The van der Waals surface area contributed by atoms with E-state index in [2.05, 4.69) is 26.7 Å². The van der Waals surface area contributed by atoms with Crippen LogP contribution < -0.4 is 10.6 Å². The lowest BCUT2D eigenvalue weighted by Crippen LogP contribution is -2.25. The quantitative estimate of drug-likeness (QED) is 0.789. The molecule has 2 aliphatic rings. The summed E-state index contributed by atoms with van der Waals surface area (Å²) in [6, 6.07) is 0.360. The predicted octanol–water partition coefficient (Wildman–Crippen LogP) is 2.67. The van der Waals surface area contributed by atoms with Gasteiger partial charge in [0.1, 0.15) is 0 Å². The van der Waals surface area contributed by atoms with Crippen molar-refractivity contribution in [3.05, 3.63) is 29.6 Å². The fourth-order valence-corrected chi connectivity index (χ4v) is 2.50. The summed E-state index contributed by atoms with van der Waals surface area (Å²) in [7, 11) is 0. The Kier molecular flexibility index (Phi) is 4.48. The summed E-state index contributed by atoms with van der Waals surface area (Å²) < 4.78 is 0. The van der Waals surface area contributed by atoms with E-state index in [1.807, 2.05) is 0 Å². The first-order valence-corrected chi connectivity index (χ1v) is 7.86. The monoisotopic (exact) mass is 286 g/mol. The van der Waals surface area contributed by atoms with Gasteiger partial charge in [0.05, 0.1) is 5.56 Å². The molecule has 0 bridgehead atoms. The smallest absolute Gasteiger partial charge is 0.254 e. The van der Waals surface area contributed by atoms with Crippen molar-refractivity contribution in [3.63, 3.8) is 0 Å². The molecular weight excluding hydrogens is 264 g/mol. The number of carbonyl (C=O) groups is 1. The molecule has 0 radical (unpaired) electrons. The summed E-state index contributed by atoms with van der Waals surface area (Å²) in [5.41, 5.74) is 2.07. The molecule has 1 aromatic rings. The Bertz CT molecular complexity index is 520. The molecule has 3 rings (SSSR count). The highest BCUT2D eigenvalue weighted by Crippen LogP contribution is 2.20. The molecule has 0 saturated heterocycles. The normalized spacial score (nSPS) is 18.0. The van der Waals surface area contributed by atoms with Gasteiger partial charge in [-0.2, -0.15) is 0 Å². The van der Waals surface area contributed by atoms with Crippen LogP contribution in [0.3, 0.4) is 0 Å². The van der Waals surface area contributed by atoms with Gasteiger partial charge in [0.25, 0.3) is 5.91 Å². The number of nitrogens with one attached hydrogen (secondary N) is 2. The first-order valence-electron chi connectivity index (χ1n) is 7.86. The molecule has 1 amide bonds. The highest BCUT2D eigenvalue weighted by Gasteiger charge is 2.23. The van der Waals surface area contributed by atoms with Crippen LogP contribution in [0.1, 0.15) is 55.3 Å². The van der Waals surface area contributed by atoms with Gasteiger partial charge >= 0.3 is 0 Å². The molecular formula is C16H22N4O. The van der Waals surface area contributed by atoms with E-state index in [4.69, 9.17) is 0 Å². The molecule has 0 spiro atoms. The van der Waals surface area contributed by atoms with Crippen LogP contribution >= 0.6 is 0 Å². The van der Waals surface area contributed by atoms with Crippen LogP contribution in [0, 0.1) is 0 Å². The largest absolute Gasteiger partial charge is 0.354 e. The topological polar surface area (TPSA) is 66.9 Å². The van der Waals surface area contributed by atoms with E-state index in [9.17, 15) is 4.79 Å². The molecule has 5 nitrogen and oxygen atoms in total. The van der Waals surface area contributed by atoms with E-state index >= 15 is 0 Å². The number of aromatic nitrogens is 2. The van der Waals surface area contributed by atoms with Gasteiger partial charge in [0.15, 0.2) is 0 Å². The van der Waals surface area contributed by atoms with Crippen molar-refractivity contribution in [3.8, 4) is 0 Å². The van der Waals surface area contributed by atoms with Crippen molar-refractivity contribution in [1.29, 1.82) is 0 Å². The third-order valence-electron chi connectivity index (χ3n) is 3.94. The van der Waals surface area contributed by atoms with E-state index in [1.54, 1.807) is 12.4 Å². The third kappa shape index (κ3) is 4.28. The van der Waals surface area contributed by atoms with Crippen molar-refractivity contribution >= 4 is 11.9 Å². The van der Waals surface area contributed by atoms with E-state index in [1.165, 1.54) is 31.3 Å². The Morgan fingerprint density at radius 1 is 1.24 bits per heavy atom. The molecule has 112 valence electrons. The van der Waals surface area contributed by atoms with Crippen molar-refractivity contribution in [2.45, 2.75) is 51.0 Å². The second-order valence-corrected chi connectivity index (χ2v) is 5.83. The summed E-state index contributed by atoms with van der Waals surface area (Å²) >= 11 is 0. The second-order valence-electron chi connectivity index (χ2n) is 5.83. The fraction of sp³-hybridized carbons (Fsp3) is 0.562. The molecule has 1 fully saturated rings. The molecule has 0 atom stereocenters.